The molecule has 0 aromatic heterocycles. The van der Waals surface area contributed by atoms with E-state index in [-0.39, 0.29) is 0 Å². The van der Waals surface area contributed by atoms with Gasteiger partial charge in [0.25, 0.3) is 0 Å². The van der Waals surface area contributed by atoms with E-state index in [9.17, 15) is 27.2 Å². The van der Waals surface area contributed by atoms with Crippen molar-refractivity contribution in [3.63, 3.8) is 0 Å². The molecule has 1 heterocycles. The number of esters is 2. The second-order valence-electron chi connectivity index (χ2n) is 1.83. The molecule has 0 aromatic rings. The summed E-state index contributed by atoms with van der Waals surface area (Å²) in [6.07, 6.45) is 0. The van der Waals surface area contributed by atoms with Crippen molar-refractivity contribution < 1.29 is 31.9 Å². The molecule has 0 spiro atoms. The fraction of sp³-hybridized carbons (Fsp3) is 0.500. The van der Waals surface area contributed by atoms with Crippen LogP contribution in [-0.2, 0) is 14.3 Å². The number of ether oxygens (including phenoxy) is 1. The Morgan fingerprint density at radius 2 is 1.18 bits per heavy atom. The van der Waals surface area contributed by atoms with E-state index in [1.54, 1.807) is 0 Å². The first kappa shape index (κ1) is 7.96. The summed E-state index contributed by atoms with van der Waals surface area (Å²) in [7, 11) is 0. The first-order valence-electron chi connectivity index (χ1n) is 2.32. The Balaban J connectivity index is 3.15. The molecule has 0 unspecified atom stereocenters. The van der Waals surface area contributed by atoms with E-state index in [0.29, 0.717) is 0 Å². The van der Waals surface area contributed by atoms with Gasteiger partial charge < -0.3 is 4.74 Å². The molecule has 1 aliphatic heterocycles. The quantitative estimate of drug-likeness (QED) is 0.300. The van der Waals surface area contributed by atoms with Gasteiger partial charge in [0.2, 0.25) is 0 Å². The molecule has 0 aliphatic carbocycles. The molecule has 1 saturated heterocycles. The predicted octanol–water partition coefficient (Wildman–Crippen LogP) is 0.340. The molecular weight excluding hydrogens is 172 g/mol. The highest BCUT2D eigenvalue weighted by molar-refractivity contribution is 6.03. The molecule has 0 aromatic carbocycles. The van der Waals surface area contributed by atoms with Crippen molar-refractivity contribution >= 4 is 11.9 Å². The van der Waals surface area contributed by atoms with E-state index in [2.05, 4.69) is 4.74 Å². The van der Waals surface area contributed by atoms with Crippen LogP contribution in [0, 0.1) is 0 Å². The molecule has 1 rings (SSSR count). The first-order valence-corrected chi connectivity index (χ1v) is 2.32. The lowest BCUT2D eigenvalue weighted by Crippen LogP contribution is -2.43. The van der Waals surface area contributed by atoms with Gasteiger partial charge in [-0.25, -0.2) is 9.59 Å². The third-order valence-corrected chi connectivity index (χ3v) is 1.09. The summed E-state index contributed by atoms with van der Waals surface area (Å²) in [5, 5.41) is 0. The average molecular weight is 172 g/mol. The second-order valence-corrected chi connectivity index (χ2v) is 1.83. The van der Waals surface area contributed by atoms with Crippen molar-refractivity contribution in [2.24, 2.45) is 0 Å². The van der Waals surface area contributed by atoms with Crippen molar-refractivity contribution in [2.75, 3.05) is 0 Å². The van der Waals surface area contributed by atoms with Crippen LogP contribution in [0.25, 0.3) is 0 Å². The van der Waals surface area contributed by atoms with Crippen LogP contribution < -0.4 is 0 Å². The van der Waals surface area contributed by atoms with Crippen LogP contribution in [0.3, 0.4) is 0 Å². The van der Waals surface area contributed by atoms with Gasteiger partial charge in [-0.05, 0) is 0 Å². The third-order valence-electron chi connectivity index (χ3n) is 1.09. The van der Waals surface area contributed by atoms with Crippen molar-refractivity contribution in [1.82, 2.24) is 0 Å². The highest BCUT2D eigenvalue weighted by Crippen LogP contribution is 2.41. The molecule has 0 bridgehead atoms. The normalized spacial score (nSPS) is 26.9. The molecule has 0 saturated carbocycles. The Hall–Kier alpha value is -1.14. The Bertz CT molecular complexity index is 209. The molecular formula is C4F4O3. The van der Waals surface area contributed by atoms with Crippen LogP contribution in [0.4, 0.5) is 17.6 Å². The minimum Gasteiger partial charge on any atom is -0.384 e. The van der Waals surface area contributed by atoms with Gasteiger partial charge in [0.1, 0.15) is 0 Å². The van der Waals surface area contributed by atoms with E-state index in [4.69, 9.17) is 0 Å². The van der Waals surface area contributed by atoms with E-state index in [1.165, 1.54) is 0 Å². The number of hydrogen-bond acceptors (Lipinski definition) is 3. The maximum atomic E-state index is 11.9. The predicted molar refractivity (Wildman–Crippen MR) is 21.0 cm³/mol. The summed E-state index contributed by atoms with van der Waals surface area (Å²) in [4.78, 5) is 19.7. The van der Waals surface area contributed by atoms with Gasteiger partial charge in [0.15, 0.2) is 0 Å². The summed E-state index contributed by atoms with van der Waals surface area (Å²) in [6, 6.07) is 0. The number of hydrogen-bond donors (Lipinski definition) is 0. The Kier molecular flexibility index (Phi) is 1.24. The van der Waals surface area contributed by atoms with Crippen molar-refractivity contribution in [2.45, 2.75) is 11.8 Å². The molecule has 0 N–H and O–H groups in total. The van der Waals surface area contributed by atoms with Crippen LogP contribution in [0.1, 0.15) is 0 Å². The van der Waals surface area contributed by atoms with Crippen molar-refractivity contribution in [1.29, 1.82) is 0 Å². The topological polar surface area (TPSA) is 43.4 Å². The minimum atomic E-state index is -5.02. The van der Waals surface area contributed by atoms with E-state index >= 15 is 0 Å². The highest BCUT2D eigenvalue weighted by atomic mass is 19.3. The molecule has 3 nitrogen and oxygen atoms in total. The number of rotatable bonds is 0. The van der Waals surface area contributed by atoms with Crippen LogP contribution in [0.5, 0.6) is 0 Å². The summed E-state index contributed by atoms with van der Waals surface area (Å²) in [6.45, 7) is 0. The van der Waals surface area contributed by atoms with Crippen LogP contribution in [0.2, 0.25) is 0 Å². The maximum Gasteiger partial charge on any atom is 0.416 e. The first-order chi connectivity index (χ1) is 4.80. The SMILES string of the molecule is O=C1OC(=O)C(F)(F)C1(F)F. The van der Waals surface area contributed by atoms with Gasteiger partial charge in [-0.2, -0.15) is 17.6 Å². The van der Waals surface area contributed by atoms with E-state index in [1.807, 2.05) is 0 Å². The molecule has 7 heteroatoms. The Morgan fingerprint density at radius 3 is 1.27 bits per heavy atom. The zero-order chi connectivity index (χ0) is 8.86. The van der Waals surface area contributed by atoms with Gasteiger partial charge in [0, 0.05) is 0 Å². The lowest BCUT2D eigenvalue weighted by Gasteiger charge is -2.09. The maximum absolute atomic E-state index is 11.9. The number of halogens is 4. The summed E-state index contributed by atoms with van der Waals surface area (Å²) in [5.41, 5.74) is 0. The Labute approximate surface area is 56.9 Å². The summed E-state index contributed by atoms with van der Waals surface area (Å²) in [5.74, 6) is -15.1. The fourth-order valence-electron chi connectivity index (χ4n) is 0.469. The van der Waals surface area contributed by atoms with Crippen molar-refractivity contribution in [3.8, 4) is 0 Å². The molecule has 0 atom stereocenters. The van der Waals surface area contributed by atoms with Gasteiger partial charge in [-0.1, -0.05) is 0 Å². The van der Waals surface area contributed by atoms with Gasteiger partial charge in [-0.15, -0.1) is 0 Å². The number of alkyl halides is 4. The molecule has 1 aliphatic rings. The second kappa shape index (κ2) is 1.72. The molecule has 0 amide bonds. The number of carbonyl (C=O) groups excluding carboxylic acids is 2. The van der Waals surface area contributed by atoms with Gasteiger partial charge >= 0.3 is 23.8 Å². The Morgan fingerprint density at radius 1 is 0.909 bits per heavy atom. The van der Waals surface area contributed by atoms with Crippen molar-refractivity contribution in [3.05, 3.63) is 0 Å². The largest absolute Gasteiger partial charge is 0.416 e. The lowest BCUT2D eigenvalue weighted by molar-refractivity contribution is -0.192. The minimum absolute atomic E-state index is 2.51. The monoisotopic (exact) mass is 172 g/mol. The molecule has 62 valence electrons. The summed E-state index contributed by atoms with van der Waals surface area (Å²) < 4.78 is 50.7. The molecule has 1 fully saturated rings. The molecule has 11 heavy (non-hydrogen) atoms. The molecule has 0 radical (unpaired) electrons. The van der Waals surface area contributed by atoms with Crippen LogP contribution in [0.15, 0.2) is 0 Å². The van der Waals surface area contributed by atoms with Gasteiger partial charge in [0.05, 0.1) is 0 Å². The number of carbonyl (C=O) groups is 2. The fourth-order valence-corrected chi connectivity index (χ4v) is 0.469. The van der Waals surface area contributed by atoms with Gasteiger partial charge in [-0.3, -0.25) is 0 Å². The highest BCUT2D eigenvalue weighted by Gasteiger charge is 2.75. The van der Waals surface area contributed by atoms with Crippen LogP contribution in [-0.4, -0.2) is 23.8 Å². The summed E-state index contributed by atoms with van der Waals surface area (Å²) >= 11 is 0. The average Bonchev–Trinajstić information content (AvgIpc) is 1.95. The third kappa shape index (κ3) is 0.732. The zero-order valence-electron chi connectivity index (χ0n) is 4.74. The zero-order valence-corrected chi connectivity index (χ0v) is 4.74. The van der Waals surface area contributed by atoms with E-state index in [0.717, 1.165) is 0 Å². The van der Waals surface area contributed by atoms with E-state index < -0.39 is 23.8 Å². The lowest BCUT2D eigenvalue weighted by atomic mass is 10.2. The smallest absolute Gasteiger partial charge is 0.384 e. The number of cyclic esters (lactones) is 2. The standard InChI is InChI=1S/C4F4O3/c5-3(6)1(9)11-2(10)4(3,7)8. The van der Waals surface area contributed by atoms with Crippen LogP contribution >= 0.6 is 0 Å².